The fraction of sp³-hybridized carbons (Fsp3) is 0.567. The second-order valence-corrected chi connectivity index (χ2v) is 10.5. The van der Waals surface area contributed by atoms with Crippen molar-refractivity contribution in [1.82, 2.24) is 0 Å². The minimum Gasteiger partial charge on any atom is -0.508 e. The zero-order valence-electron chi connectivity index (χ0n) is 21.2. The standard InChI is InChI=1S/C30H45NO2S/c1-2-3-4-5-6-7-8-9-10-11-12-13-14-15-16-17-30(33)31-26-18-22-28(23-19-26)34-29-24-20-27(32)21-25-29/h18-25,32H,2-17H2,1H3,(H,31,33). The highest BCUT2D eigenvalue weighted by molar-refractivity contribution is 7.99. The first-order valence-electron chi connectivity index (χ1n) is 13.5. The molecule has 2 aromatic carbocycles. The Hall–Kier alpha value is -1.94. The summed E-state index contributed by atoms with van der Waals surface area (Å²) in [6.45, 7) is 2.28. The lowest BCUT2D eigenvalue weighted by atomic mass is 10.0. The van der Waals surface area contributed by atoms with Gasteiger partial charge in [-0.15, -0.1) is 0 Å². The van der Waals surface area contributed by atoms with Gasteiger partial charge in [-0.1, -0.05) is 109 Å². The predicted molar refractivity (Wildman–Crippen MR) is 147 cm³/mol. The van der Waals surface area contributed by atoms with E-state index in [1.54, 1.807) is 23.9 Å². The largest absolute Gasteiger partial charge is 0.508 e. The fourth-order valence-electron chi connectivity index (χ4n) is 4.14. The lowest BCUT2D eigenvalue weighted by Crippen LogP contribution is -2.10. The first kappa shape index (κ1) is 28.3. The lowest BCUT2D eigenvalue weighted by molar-refractivity contribution is -0.116. The molecule has 0 radical (unpaired) electrons. The molecular weight excluding hydrogens is 438 g/mol. The second kappa shape index (κ2) is 18.4. The van der Waals surface area contributed by atoms with Crippen LogP contribution in [0.15, 0.2) is 58.3 Å². The minimum atomic E-state index is 0.105. The zero-order valence-corrected chi connectivity index (χ0v) is 22.0. The lowest BCUT2D eigenvalue weighted by Gasteiger charge is -2.07. The van der Waals surface area contributed by atoms with E-state index in [1.165, 1.54) is 83.5 Å². The summed E-state index contributed by atoms with van der Waals surface area (Å²) in [6, 6.07) is 15.1. The summed E-state index contributed by atoms with van der Waals surface area (Å²) in [5.41, 5.74) is 0.848. The van der Waals surface area contributed by atoms with Gasteiger partial charge in [0.15, 0.2) is 0 Å². The van der Waals surface area contributed by atoms with Gasteiger partial charge in [0, 0.05) is 21.9 Å². The van der Waals surface area contributed by atoms with Crippen LogP contribution in [0.2, 0.25) is 0 Å². The third kappa shape index (κ3) is 13.7. The summed E-state index contributed by atoms with van der Waals surface area (Å²) in [4.78, 5) is 14.4. The topological polar surface area (TPSA) is 49.3 Å². The minimum absolute atomic E-state index is 0.105. The number of anilines is 1. The maximum absolute atomic E-state index is 12.2. The molecule has 0 saturated carbocycles. The first-order chi connectivity index (χ1) is 16.7. The summed E-state index contributed by atoms with van der Waals surface area (Å²) in [5, 5.41) is 12.4. The van der Waals surface area contributed by atoms with Crippen molar-refractivity contribution in [1.29, 1.82) is 0 Å². The highest BCUT2D eigenvalue weighted by Crippen LogP contribution is 2.29. The van der Waals surface area contributed by atoms with E-state index in [9.17, 15) is 9.90 Å². The number of rotatable bonds is 19. The quantitative estimate of drug-likeness (QED) is 0.195. The van der Waals surface area contributed by atoms with Gasteiger partial charge in [-0.3, -0.25) is 4.79 Å². The van der Waals surface area contributed by atoms with Crippen LogP contribution in [0.4, 0.5) is 5.69 Å². The summed E-state index contributed by atoms with van der Waals surface area (Å²) < 4.78 is 0. The number of carbonyl (C=O) groups excluding carboxylic acids is 1. The number of hydrogen-bond acceptors (Lipinski definition) is 3. The molecule has 1 amide bonds. The number of phenolic OH excluding ortho intramolecular Hbond substituents is 1. The van der Waals surface area contributed by atoms with E-state index < -0.39 is 0 Å². The number of benzene rings is 2. The highest BCUT2D eigenvalue weighted by atomic mass is 32.2. The van der Waals surface area contributed by atoms with Gasteiger partial charge in [-0.2, -0.15) is 0 Å². The first-order valence-corrected chi connectivity index (χ1v) is 14.4. The second-order valence-electron chi connectivity index (χ2n) is 9.37. The molecule has 2 aromatic rings. The molecule has 34 heavy (non-hydrogen) atoms. The van der Waals surface area contributed by atoms with Crippen LogP contribution in [0.3, 0.4) is 0 Å². The Morgan fingerprint density at radius 3 is 1.53 bits per heavy atom. The van der Waals surface area contributed by atoms with Gasteiger partial charge in [0.2, 0.25) is 5.91 Å². The predicted octanol–water partition coefficient (Wildman–Crippen LogP) is 9.74. The molecule has 4 heteroatoms. The molecule has 0 aliphatic carbocycles. The Bertz CT molecular complexity index is 773. The smallest absolute Gasteiger partial charge is 0.224 e. The number of phenols is 1. The fourth-order valence-corrected chi connectivity index (χ4v) is 4.95. The third-order valence-electron chi connectivity index (χ3n) is 6.22. The van der Waals surface area contributed by atoms with Crippen molar-refractivity contribution in [2.45, 2.75) is 119 Å². The van der Waals surface area contributed by atoms with E-state index in [-0.39, 0.29) is 11.7 Å². The molecule has 0 aliphatic heterocycles. The maximum atomic E-state index is 12.2. The monoisotopic (exact) mass is 483 g/mol. The van der Waals surface area contributed by atoms with Crippen LogP contribution in [0, 0.1) is 0 Å². The van der Waals surface area contributed by atoms with Crippen LogP contribution >= 0.6 is 11.8 Å². The van der Waals surface area contributed by atoms with Gasteiger partial charge in [0.05, 0.1) is 0 Å². The summed E-state index contributed by atoms with van der Waals surface area (Å²) >= 11 is 1.63. The van der Waals surface area contributed by atoms with Gasteiger partial charge < -0.3 is 10.4 Å². The van der Waals surface area contributed by atoms with Crippen LogP contribution in [0.5, 0.6) is 5.75 Å². The summed E-state index contributed by atoms with van der Waals surface area (Å²) in [6.07, 6.45) is 20.7. The SMILES string of the molecule is CCCCCCCCCCCCCCCCCC(=O)Nc1ccc(Sc2ccc(O)cc2)cc1. The molecular formula is C30H45NO2S. The van der Waals surface area contributed by atoms with Crippen molar-refractivity contribution >= 4 is 23.4 Å². The molecule has 0 saturated heterocycles. The molecule has 0 aliphatic rings. The van der Waals surface area contributed by atoms with E-state index in [0.29, 0.717) is 6.42 Å². The van der Waals surface area contributed by atoms with Crippen LogP contribution < -0.4 is 5.32 Å². The van der Waals surface area contributed by atoms with Crippen molar-refractivity contribution in [3.8, 4) is 5.75 Å². The molecule has 3 nitrogen and oxygen atoms in total. The average molecular weight is 484 g/mol. The van der Waals surface area contributed by atoms with Gasteiger partial charge in [-0.05, 0) is 55.0 Å². The molecule has 0 bridgehead atoms. The number of hydrogen-bond donors (Lipinski definition) is 2. The van der Waals surface area contributed by atoms with E-state index in [1.807, 2.05) is 36.4 Å². The summed E-state index contributed by atoms with van der Waals surface area (Å²) in [7, 11) is 0. The van der Waals surface area contributed by atoms with E-state index in [2.05, 4.69) is 12.2 Å². The zero-order chi connectivity index (χ0) is 24.3. The Morgan fingerprint density at radius 1 is 0.647 bits per heavy atom. The number of carbonyl (C=O) groups is 1. The Labute approximate surface area is 212 Å². The molecule has 2 rings (SSSR count). The Morgan fingerprint density at radius 2 is 1.06 bits per heavy atom. The number of amides is 1. The molecule has 0 spiro atoms. The van der Waals surface area contributed by atoms with Gasteiger partial charge in [0.25, 0.3) is 0 Å². The van der Waals surface area contributed by atoms with Gasteiger partial charge in [0.1, 0.15) is 5.75 Å². The molecule has 0 heterocycles. The Kier molecular flexibility index (Phi) is 15.3. The van der Waals surface area contributed by atoms with Crippen LogP contribution in [0.25, 0.3) is 0 Å². The van der Waals surface area contributed by atoms with Crippen molar-refractivity contribution in [2.75, 3.05) is 5.32 Å². The van der Waals surface area contributed by atoms with E-state index in [0.717, 1.165) is 28.3 Å². The molecule has 2 N–H and O–H groups in total. The summed E-state index contributed by atoms with van der Waals surface area (Å²) in [5.74, 6) is 0.380. The Balaban J connectivity index is 1.42. The van der Waals surface area contributed by atoms with Crippen molar-refractivity contribution in [3.63, 3.8) is 0 Å². The molecule has 188 valence electrons. The normalized spacial score (nSPS) is 11.0. The van der Waals surface area contributed by atoms with Gasteiger partial charge >= 0.3 is 0 Å². The third-order valence-corrected chi connectivity index (χ3v) is 7.23. The molecule has 0 fully saturated rings. The highest BCUT2D eigenvalue weighted by Gasteiger charge is 2.04. The van der Waals surface area contributed by atoms with Crippen molar-refractivity contribution < 1.29 is 9.90 Å². The molecule has 0 unspecified atom stereocenters. The molecule has 0 atom stereocenters. The van der Waals surface area contributed by atoms with Crippen molar-refractivity contribution in [2.24, 2.45) is 0 Å². The molecule has 0 aromatic heterocycles. The van der Waals surface area contributed by atoms with Crippen LogP contribution in [-0.2, 0) is 4.79 Å². The number of unbranched alkanes of at least 4 members (excludes halogenated alkanes) is 14. The average Bonchev–Trinajstić information content (AvgIpc) is 2.84. The van der Waals surface area contributed by atoms with E-state index >= 15 is 0 Å². The van der Waals surface area contributed by atoms with Crippen LogP contribution in [0.1, 0.15) is 110 Å². The number of nitrogens with one attached hydrogen (secondary N) is 1. The van der Waals surface area contributed by atoms with Crippen molar-refractivity contribution in [3.05, 3.63) is 48.5 Å². The van der Waals surface area contributed by atoms with E-state index in [4.69, 9.17) is 0 Å². The van der Waals surface area contributed by atoms with Crippen LogP contribution in [-0.4, -0.2) is 11.0 Å². The number of aromatic hydroxyl groups is 1. The maximum Gasteiger partial charge on any atom is 0.224 e. The van der Waals surface area contributed by atoms with Gasteiger partial charge in [-0.25, -0.2) is 0 Å².